The van der Waals surface area contributed by atoms with Gasteiger partial charge in [0.2, 0.25) is 5.91 Å². The van der Waals surface area contributed by atoms with Crippen LogP contribution in [0.25, 0.3) is 0 Å². The molecule has 0 saturated heterocycles. The first-order valence-corrected chi connectivity index (χ1v) is 7.39. The largest absolute Gasteiger partial charge is 0.508 e. The lowest BCUT2D eigenvalue weighted by Crippen LogP contribution is -2.14. The predicted molar refractivity (Wildman–Crippen MR) is 83.6 cm³/mol. The van der Waals surface area contributed by atoms with Crippen LogP contribution in [-0.2, 0) is 4.79 Å². The molecule has 0 spiro atoms. The lowest BCUT2D eigenvalue weighted by atomic mass is 10.2. The number of hydrogen-bond acceptors (Lipinski definition) is 3. The Bertz CT molecular complexity index is 631. The van der Waals surface area contributed by atoms with Gasteiger partial charge in [-0.15, -0.1) is 11.8 Å². The van der Waals surface area contributed by atoms with Gasteiger partial charge in [0.05, 0.1) is 5.75 Å². The highest BCUT2D eigenvalue weighted by atomic mass is 35.5. The fraction of sp³-hybridized carbons (Fsp3) is 0.133. The Labute approximate surface area is 127 Å². The molecular weight excluding hydrogens is 294 g/mol. The van der Waals surface area contributed by atoms with Crippen LogP contribution in [0, 0.1) is 6.92 Å². The Kier molecular flexibility index (Phi) is 4.93. The van der Waals surface area contributed by atoms with Gasteiger partial charge in [0.25, 0.3) is 0 Å². The highest BCUT2D eigenvalue weighted by Gasteiger charge is 2.06. The second-order valence-corrected chi connectivity index (χ2v) is 5.78. The van der Waals surface area contributed by atoms with Crippen molar-refractivity contribution in [3.8, 4) is 5.75 Å². The molecule has 0 bridgehead atoms. The first kappa shape index (κ1) is 14.8. The number of phenolic OH excluding ortho intramolecular Hbond substituents is 1. The molecular formula is C15H14ClNO2S. The van der Waals surface area contributed by atoms with E-state index < -0.39 is 0 Å². The van der Waals surface area contributed by atoms with Crippen LogP contribution >= 0.6 is 23.4 Å². The van der Waals surface area contributed by atoms with Crippen molar-refractivity contribution in [2.24, 2.45) is 0 Å². The fourth-order valence-electron chi connectivity index (χ4n) is 1.64. The highest BCUT2D eigenvalue weighted by Crippen LogP contribution is 2.23. The Morgan fingerprint density at radius 1 is 1.30 bits per heavy atom. The van der Waals surface area contributed by atoms with Gasteiger partial charge in [-0.05, 0) is 42.8 Å². The first-order chi connectivity index (χ1) is 9.54. The van der Waals surface area contributed by atoms with Gasteiger partial charge in [0.1, 0.15) is 5.75 Å². The van der Waals surface area contributed by atoms with E-state index in [-0.39, 0.29) is 17.4 Å². The number of rotatable bonds is 4. The topological polar surface area (TPSA) is 49.3 Å². The van der Waals surface area contributed by atoms with Crippen molar-refractivity contribution in [1.29, 1.82) is 0 Å². The molecule has 2 aromatic rings. The van der Waals surface area contributed by atoms with Crippen molar-refractivity contribution < 1.29 is 9.90 Å². The van der Waals surface area contributed by atoms with Crippen LogP contribution in [0.15, 0.2) is 47.4 Å². The van der Waals surface area contributed by atoms with Crippen LogP contribution in [-0.4, -0.2) is 16.8 Å². The third kappa shape index (κ3) is 4.18. The minimum Gasteiger partial charge on any atom is -0.508 e. The predicted octanol–water partition coefficient (Wildman–Crippen LogP) is 4.08. The van der Waals surface area contributed by atoms with Crippen LogP contribution in [0.2, 0.25) is 5.02 Å². The summed E-state index contributed by atoms with van der Waals surface area (Å²) in [4.78, 5) is 12.7. The van der Waals surface area contributed by atoms with E-state index >= 15 is 0 Å². The molecule has 0 aliphatic heterocycles. The third-order valence-electron chi connectivity index (χ3n) is 2.66. The molecule has 0 radical (unpaired) electrons. The van der Waals surface area contributed by atoms with Crippen molar-refractivity contribution in [2.75, 3.05) is 11.1 Å². The number of phenols is 1. The summed E-state index contributed by atoms with van der Waals surface area (Å²) in [6.07, 6.45) is 0. The minimum atomic E-state index is -0.108. The third-order valence-corrected chi connectivity index (χ3v) is 3.89. The van der Waals surface area contributed by atoms with E-state index in [0.717, 1.165) is 16.1 Å². The number of nitrogens with one attached hydrogen (secondary N) is 1. The number of aromatic hydroxyl groups is 1. The second kappa shape index (κ2) is 6.68. The van der Waals surface area contributed by atoms with Crippen LogP contribution in [0.4, 0.5) is 5.69 Å². The molecule has 3 nitrogen and oxygen atoms in total. The van der Waals surface area contributed by atoms with Gasteiger partial charge in [0.15, 0.2) is 0 Å². The smallest absolute Gasteiger partial charge is 0.234 e. The Morgan fingerprint density at radius 3 is 2.85 bits per heavy atom. The Balaban J connectivity index is 1.94. The number of benzene rings is 2. The van der Waals surface area contributed by atoms with Crippen LogP contribution in [0.5, 0.6) is 5.75 Å². The van der Waals surface area contributed by atoms with E-state index in [1.54, 1.807) is 30.3 Å². The molecule has 104 valence electrons. The molecule has 0 aliphatic carbocycles. The van der Waals surface area contributed by atoms with Crippen molar-refractivity contribution in [2.45, 2.75) is 11.8 Å². The zero-order chi connectivity index (χ0) is 14.5. The lowest BCUT2D eigenvalue weighted by molar-refractivity contribution is -0.113. The summed E-state index contributed by atoms with van der Waals surface area (Å²) in [6, 6.07) is 12.2. The summed E-state index contributed by atoms with van der Waals surface area (Å²) in [6.45, 7) is 1.91. The molecule has 2 N–H and O–H groups in total. The van der Waals surface area contributed by atoms with E-state index in [1.165, 1.54) is 11.8 Å². The summed E-state index contributed by atoms with van der Waals surface area (Å²) in [7, 11) is 0. The zero-order valence-electron chi connectivity index (χ0n) is 10.9. The maximum atomic E-state index is 11.9. The molecule has 0 atom stereocenters. The molecule has 2 rings (SSSR count). The summed E-state index contributed by atoms with van der Waals surface area (Å²) < 4.78 is 0. The van der Waals surface area contributed by atoms with E-state index in [0.29, 0.717) is 5.02 Å². The molecule has 5 heteroatoms. The number of hydrogen-bond donors (Lipinski definition) is 2. The van der Waals surface area contributed by atoms with E-state index in [4.69, 9.17) is 11.6 Å². The lowest BCUT2D eigenvalue weighted by Gasteiger charge is -2.08. The summed E-state index contributed by atoms with van der Waals surface area (Å²) in [5.41, 5.74) is 1.68. The maximum Gasteiger partial charge on any atom is 0.234 e. The zero-order valence-corrected chi connectivity index (χ0v) is 12.5. The van der Waals surface area contributed by atoms with Gasteiger partial charge in [-0.2, -0.15) is 0 Å². The fourth-order valence-corrected chi connectivity index (χ4v) is 2.56. The van der Waals surface area contributed by atoms with Gasteiger partial charge in [-0.1, -0.05) is 23.7 Å². The van der Waals surface area contributed by atoms with Gasteiger partial charge in [0, 0.05) is 15.6 Å². The quantitative estimate of drug-likeness (QED) is 0.837. The molecule has 1 amide bonds. The van der Waals surface area contributed by atoms with Crippen LogP contribution in [0.1, 0.15) is 5.56 Å². The standard InChI is InChI=1S/C15H14ClNO2S/c1-10-5-6-11(16)7-14(10)17-15(19)9-20-13-4-2-3-12(18)8-13/h2-8,18H,9H2,1H3,(H,17,19). The van der Waals surface area contributed by atoms with E-state index in [2.05, 4.69) is 5.32 Å². The average Bonchev–Trinajstić information content (AvgIpc) is 2.41. The molecule has 20 heavy (non-hydrogen) atoms. The van der Waals surface area contributed by atoms with Gasteiger partial charge < -0.3 is 10.4 Å². The maximum absolute atomic E-state index is 11.9. The molecule has 0 saturated carbocycles. The van der Waals surface area contributed by atoms with Crippen LogP contribution in [0.3, 0.4) is 0 Å². The molecule has 0 fully saturated rings. The molecule has 2 aromatic carbocycles. The minimum absolute atomic E-state index is 0.108. The Morgan fingerprint density at radius 2 is 2.10 bits per heavy atom. The SMILES string of the molecule is Cc1ccc(Cl)cc1NC(=O)CSc1cccc(O)c1. The molecule has 0 heterocycles. The number of halogens is 1. The summed E-state index contributed by atoms with van der Waals surface area (Å²) >= 11 is 7.27. The van der Waals surface area contributed by atoms with E-state index in [1.807, 2.05) is 19.1 Å². The number of aryl methyl sites for hydroxylation is 1. The van der Waals surface area contributed by atoms with Gasteiger partial charge >= 0.3 is 0 Å². The summed E-state index contributed by atoms with van der Waals surface area (Å²) in [5.74, 6) is 0.361. The van der Waals surface area contributed by atoms with Crippen molar-refractivity contribution >= 4 is 35.0 Å². The number of amides is 1. The normalized spacial score (nSPS) is 10.3. The van der Waals surface area contributed by atoms with Crippen LogP contribution < -0.4 is 5.32 Å². The average molecular weight is 308 g/mol. The van der Waals surface area contributed by atoms with Crippen molar-refractivity contribution in [3.63, 3.8) is 0 Å². The van der Waals surface area contributed by atoms with Gasteiger partial charge in [-0.3, -0.25) is 4.79 Å². The first-order valence-electron chi connectivity index (χ1n) is 6.02. The number of carbonyl (C=O) groups is 1. The number of carbonyl (C=O) groups excluding carboxylic acids is 1. The summed E-state index contributed by atoms with van der Waals surface area (Å²) in [5, 5.41) is 12.8. The number of anilines is 1. The molecule has 0 aromatic heterocycles. The number of thioether (sulfide) groups is 1. The van der Waals surface area contributed by atoms with Gasteiger partial charge in [-0.25, -0.2) is 0 Å². The highest BCUT2D eigenvalue weighted by molar-refractivity contribution is 8.00. The van der Waals surface area contributed by atoms with Crippen molar-refractivity contribution in [3.05, 3.63) is 53.1 Å². The second-order valence-electron chi connectivity index (χ2n) is 4.29. The monoisotopic (exact) mass is 307 g/mol. The van der Waals surface area contributed by atoms with E-state index in [9.17, 15) is 9.90 Å². The van der Waals surface area contributed by atoms with Crippen molar-refractivity contribution in [1.82, 2.24) is 0 Å². The molecule has 0 unspecified atom stereocenters. The Hall–Kier alpha value is -1.65. The molecule has 0 aliphatic rings.